The van der Waals surface area contributed by atoms with Crippen LogP contribution in [0, 0.1) is 6.92 Å². The van der Waals surface area contributed by atoms with Gasteiger partial charge in [0.1, 0.15) is 10.9 Å². The Bertz CT molecular complexity index is 1930. The molecule has 1 unspecified atom stereocenters. The molecule has 0 aromatic heterocycles. The molecule has 0 saturated heterocycles. The lowest BCUT2D eigenvalue weighted by Crippen LogP contribution is -2.30. The van der Waals surface area contributed by atoms with E-state index >= 15 is 0 Å². The van der Waals surface area contributed by atoms with Gasteiger partial charge in [0, 0.05) is 46.6 Å². The molecule has 0 bridgehead atoms. The fourth-order valence-electron chi connectivity index (χ4n) is 4.79. The molecule has 0 aliphatic carbocycles. The van der Waals surface area contributed by atoms with Crippen LogP contribution < -0.4 is 20.9 Å². The van der Waals surface area contributed by atoms with Crippen molar-refractivity contribution in [1.29, 1.82) is 0 Å². The normalized spacial score (nSPS) is 11.7. The maximum absolute atomic E-state index is 13.7. The lowest BCUT2D eigenvalue weighted by Gasteiger charge is -2.19. The fraction of sp³-hybridized carbons (Fsp3) is 0.103. The molecule has 0 fully saturated rings. The largest absolute Gasteiger partial charge is 0.378 e. The van der Waals surface area contributed by atoms with Gasteiger partial charge >= 0.3 is 0 Å². The van der Waals surface area contributed by atoms with Crippen LogP contribution in [0.3, 0.4) is 0 Å². The molecule has 5 aromatic carbocycles. The SMILES string of the molecule is Cc1ccc(Cl)cc1NC(=O)C(Sc1cccc(NC(=O)/C(=C\c2ccc(N(C)C)cc2)NC(=O)c2ccccc2)c1)c1ccccc1. The number of carbonyl (C=O) groups is 3. The first-order valence-electron chi connectivity index (χ1n) is 15.2. The Labute approximate surface area is 290 Å². The van der Waals surface area contributed by atoms with E-state index in [-0.39, 0.29) is 11.6 Å². The van der Waals surface area contributed by atoms with Gasteiger partial charge in [0.05, 0.1) is 0 Å². The number of amides is 3. The summed E-state index contributed by atoms with van der Waals surface area (Å²) in [5.41, 5.74) is 5.12. The second-order valence-electron chi connectivity index (χ2n) is 11.2. The van der Waals surface area contributed by atoms with Crippen LogP contribution in [0.1, 0.15) is 32.3 Å². The molecule has 3 N–H and O–H groups in total. The van der Waals surface area contributed by atoms with Gasteiger partial charge in [-0.05, 0) is 84.3 Å². The van der Waals surface area contributed by atoms with Crippen LogP contribution in [0.2, 0.25) is 5.02 Å². The fourth-order valence-corrected chi connectivity index (χ4v) is 6.04. The Morgan fingerprint density at radius 3 is 2.15 bits per heavy atom. The van der Waals surface area contributed by atoms with Crippen molar-refractivity contribution in [2.75, 3.05) is 29.6 Å². The molecule has 0 saturated carbocycles. The molecule has 0 aliphatic rings. The Hall–Kier alpha value is -5.31. The maximum Gasteiger partial charge on any atom is 0.272 e. The molecule has 0 heterocycles. The zero-order valence-electron chi connectivity index (χ0n) is 26.7. The number of carbonyl (C=O) groups excluding carboxylic acids is 3. The molecule has 9 heteroatoms. The van der Waals surface area contributed by atoms with Gasteiger partial charge in [0.15, 0.2) is 0 Å². The highest BCUT2D eigenvalue weighted by molar-refractivity contribution is 8.00. The molecular formula is C39H35ClN4O3S. The highest BCUT2D eigenvalue weighted by Crippen LogP contribution is 2.37. The number of hydrogen-bond acceptors (Lipinski definition) is 5. The second kappa shape index (κ2) is 16.0. The molecule has 242 valence electrons. The Kier molecular flexibility index (Phi) is 11.3. The van der Waals surface area contributed by atoms with Crippen LogP contribution in [0.5, 0.6) is 0 Å². The summed E-state index contributed by atoms with van der Waals surface area (Å²) in [4.78, 5) is 43.2. The van der Waals surface area contributed by atoms with Crippen molar-refractivity contribution < 1.29 is 14.4 Å². The van der Waals surface area contributed by atoms with E-state index in [1.54, 1.807) is 54.6 Å². The topological polar surface area (TPSA) is 90.5 Å². The van der Waals surface area contributed by atoms with E-state index < -0.39 is 17.1 Å². The van der Waals surface area contributed by atoms with E-state index in [9.17, 15) is 14.4 Å². The van der Waals surface area contributed by atoms with Gasteiger partial charge < -0.3 is 20.9 Å². The van der Waals surface area contributed by atoms with Gasteiger partial charge in [-0.1, -0.05) is 84.4 Å². The van der Waals surface area contributed by atoms with Gasteiger partial charge in [-0.3, -0.25) is 14.4 Å². The quantitative estimate of drug-likeness (QED) is 0.0965. The molecule has 5 aromatic rings. The predicted molar refractivity (Wildman–Crippen MR) is 198 cm³/mol. The Morgan fingerprint density at radius 1 is 0.771 bits per heavy atom. The van der Waals surface area contributed by atoms with Gasteiger partial charge in [0.25, 0.3) is 11.8 Å². The summed E-state index contributed by atoms with van der Waals surface area (Å²) in [6.07, 6.45) is 1.64. The number of nitrogens with one attached hydrogen (secondary N) is 3. The van der Waals surface area contributed by atoms with Crippen molar-refractivity contribution in [3.8, 4) is 0 Å². The summed E-state index contributed by atoms with van der Waals surface area (Å²) in [7, 11) is 3.90. The van der Waals surface area contributed by atoms with Crippen molar-refractivity contribution >= 4 is 64.2 Å². The molecule has 3 amide bonds. The van der Waals surface area contributed by atoms with Crippen molar-refractivity contribution in [3.05, 3.63) is 160 Å². The van der Waals surface area contributed by atoms with E-state index in [0.717, 1.165) is 27.3 Å². The molecule has 1 atom stereocenters. The van der Waals surface area contributed by atoms with Gasteiger partial charge in [-0.25, -0.2) is 0 Å². The third-order valence-electron chi connectivity index (χ3n) is 7.39. The first-order valence-corrected chi connectivity index (χ1v) is 16.5. The Balaban J connectivity index is 1.39. The second-order valence-corrected chi connectivity index (χ2v) is 12.8. The number of rotatable bonds is 11. The zero-order chi connectivity index (χ0) is 34.0. The van der Waals surface area contributed by atoms with Gasteiger partial charge in [-0.15, -0.1) is 11.8 Å². The van der Waals surface area contributed by atoms with E-state index in [1.807, 2.05) is 105 Å². The lowest BCUT2D eigenvalue weighted by molar-refractivity contribution is -0.116. The minimum absolute atomic E-state index is 0.0814. The standard InChI is InChI=1S/C39H35ClN4O3S/c1-26-17-20-30(40)24-34(26)42-39(47)36(28-11-6-4-7-12-28)48-33-16-10-15-31(25-33)41-38(46)35(43-37(45)29-13-8-5-9-14-29)23-27-18-21-32(22-19-27)44(2)3/h4-25,36H,1-3H3,(H,41,46)(H,42,47)(H,43,45)/b35-23+. The molecule has 5 rings (SSSR count). The van der Waals surface area contributed by atoms with Gasteiger partial charge in [-0.2, -0.15) is 0 Å². The smallest absolute Gasteiger partial charge is 0.272 e. The van der Waals surface area contributed by atoms with E-state index in [4.69, 9.17) is 11.6 Å². The van der Waals surface area contributed by atoms with E-state index in [2.05, 4.69) is 16.0 Å². The van der Waals surface area contributed by atoms with Crippen molar-refractivity contribution in [2.24, 2.45) is 0 Å². The van der Waals surface area contributed by atoms with Crippen LogP contribution in [-0.4, -0.2) is 31.8 Å². The number of aryl methyl sites for hydroxylation is 1. The molecule has 0 aliphatic heterocycles. The Morgan fingerprint density at radius 2 is 1.46 bits per heavy atom. The molecule has 48 heavy (non-hydrogen) atoms. The minimum atomic E-state index is -0.596. The minimum Gasteiger partial charge on any atom is -0.378 e. The van der Waals surface area contributed by atoms with Crippen LogP contribution in [0.4, 0.5) is 17.1 Å². The summed E-state index contributed by atoms with van der Waals surface area (Å²) in [6.45, 7) is 1.91. The van der Waals surface area contributed by atoms with Crippen molar-refractivity contribution in [3.63, 3.8) is 0 Å². The third kappa shape index (κ3) is 9.15. The number of nitrogens with zero attached hydrogens (tertiary/aromatic N) is 1. The molecule has 0 radical (unpaired) electrons. The number of halogens is 1. The maximum atomic E-state index is 13.7. The van der Waals surface area contributed by atoms with Crippen LogP contribution >= 0.6 is 23.4 Å². The third-order valence-corrected chi connectivity index (χ3v) is 8.88. The summed E-state index contributed by atoms with van der Waals surface area (Å²) >= 11 is 7.57. The predicted octanol–water partition coefficient (Wildman–Crippen LogP) is 8.60. The highest BCUT2D eigenvalue weighted by atomic mass is 35.5. The number of thioether (sulfide) groups is 1. The van der Waals surface area contributed by atoms with Crippen LogP contribution in [0.15, 0.2) is 138 Å². The average molecular weight is 675 g/mol. The zero-order valence-corrected chi connectivity index (χ0v) is 28.3. The summed E-state index contributed by atoms with van der Waals surface area (Å²) in [5, 5.41) is 8.68. The highest BCUT2D eigenvalue weighted by Gasteiger charge is 2.23. The van der Waals surface area contributed by atoms with E-state index in [1.165, 1.54) is 11.8 Å². The van der Waals surface area contributed by atoms with Crippen LogP contribution in [0.25, 0.3) is 6.08 Å². The first kappa shape index (κ1) is 34.0. The summed E-state index contributed by atoms with van der Waals surface area (Å²) < 4.78 is 0. The average Bonchev–Trinajstić information content (AvgIpc) is 3.09. The first-order chi connectivity index (χ1) is 23.2. The summed E-state index contributed by atoms with van der Waals surface area (Å²) in [6, 6.07) is 38.5. The monoisotopic (exact) mass is 674 g/mol. The number of hydrogen-bond donors (Lipinski definition) is 3. The van der Waals surface area contributed by atoms with Crippen molar-refractivity contribution in [1.82, 2.24) is 5.32 Å². The lowest BCUT2D eigenvalue weighted by atomic mass is 10.1. The number of benzene rings is 5. The van der Waals surface area contributed by atoms with Gasteiger partial charge in [0.2, 0.25) is 5.91 Å². The van der Waals surface area contributed by atoms with E-state index in [0.29, 0.717) is 22.0 Å². The summed E-state index contributed by atoms with van der Waals surface area (Å²) in [5.74, 6) is -1.11. The van der Waals surface area contributed by atoms with Crippen LogP contribution in [-0.2, 0) is 9.59 Å². The molecule has 7 nitrogen and oxygen atoms in total. The molecular weight excluding hydrogens is 640 g/mol. The number of anilines is 3. The van der Waals surface area contributed by atoms with Crippen molar-refractivity contribution in [2.45, 2.75) is 17.1 Å². The molecule has 0 spiro atoms.